The number of hydrogen-bond acceptors (Lipinski definition) is 4. The number of rotatable bonds is 5. The number of hydrogen-bond donors (Lipinski definition) is 1. The van der Waals surface area contributed by atoms with E-state index in [2.05, 4.69) is 5.32 Å². The van der Waals surface area contributed by atoms with Gasteiger partial charge in [-0.3, -0.25) is 14.9 Å². The van der Waals surface area contributed by atoms with E-state index in [1.807, 2.05) is 25.1 Å². The van der Waals surface area contributed by atoms with E-state index in [0.29, 0.717) is 10.7 Å². The summed E-state index contributed by atoms with van der Waals surface area (Å²) in [4.78, 5) is 24.8. The van der Waals surface area contributed by atoms with Crippen molar-refractivity contribution in [1.82, 2.24) is 5.32 Å². The standard InChI is InChI=1S/C17H18ClN3O3/c1-11(13-6-4-5-7-15(13)18)19-17(22)14-10-12(21(23)24)8-9-16(14)20(2)3/h4-11H,1-3H3,(H,19,22). The van der Waals surface area contributed by atoms with Gasteiger partial charge in [0.1, 0.15) is 0 Å². The van der Waals surface area contributed by atoms with E-state index in [-0.39, 0.29) is 17.3 Å². The molecule has 0 aliphatic rings. The average molecular weight is 348 g/mol. The molecule has 0 saturated heterocycles. The lowest BCUT2D eigenvalue weighted by atomic mass is 10.1. The van der Waals surface area contributed by atoms with Crippen molar-refractivity contribution in [2.45, 2.75) is 13.0 Å². The number of benzene rings is 2. The van der Waals surface area contributed by atoms with Crippen LogP contribution in [0.2, 0.25) is 5.02 Å². The van der Waals surface area contributed by atoms with Gasteiger partial charge in [0, 0.05) is 36.9 Å². The third-order valence-electron chi connectivity index (χ3n) is 3.64. The zero-order valence-corrected chi connectivity index (χ0v) is 14.4. The molecule has 0 aromatic heterocycles. The van der Waals surface area contributed by atoms with Crippen molar-refractivity contribution < 1.29 is 9.72 Å². The van der Waals surface area contributed by atoms with Gasteiger partial charge < -0.3 is 10.2 Å². The Kier molecular flexibility index (Phi) is 5.41. The molecule has 1 unspecified atom stereocenters. The molecule has 6 nitrogen and oxygen atoms in total. The Morgan fingerprint density at radius 3 is 2.50 bits per heavy atom. The van der Waals surface area contributed by atoms with Gasteiger partial charge in [-0.2, -0.15) is 0 Å². The van der Waals surface area contributed by atoms with E-state index in [1.165, 1.54) is 12.1 Å². The summed E-state index contributed by atoms with van der Waals surface area (Å²) >= 11 is 6.15. The number of nitrogens with one attached hydrogen (secondary N) is 1. The number of nitro benzene ring substituents is 1. The van der Waals surface area contributed by atoms with Gasteiger partial charge in [0.25, 0.3) is 11.6 Å². The van der Waals surface area contributed by atoms with Crippen LogP contribution in [0.4, 0.5) is 11.4 Å². The Morgan fingerprint density at radius 2 is 1.92 bits per heavy atom. The Balaban J connectivity index is 2.33. The van der Waals surface area contributed by atoms with Crippen molar-refractivity contribution in [1.29, 1.82) is 0 Å². The van der Waals surface area contributed by atoms with E-state index < -0.39 is 10.8 Å². The maximum absolute atomic E-state index is 12.6. The van der Waals surface area contributed by atoms with Gasteiger partial charge in [0.05, 0.1) is 16.5 Å². The third kappa shape index (κ3) is 3.83. The zero-order valence-electron chi connectivity index (χ0n) is 13.6. The highest BCUT2D eigenvalue weighted by Gasteiger charge is 2.20. The van der Waals surface area contributed by atoms with Crippen LogP contribution in [0.3, 0.4) is 0 Å². The largest absolute Gasteiger partial charge is 0.377 e. The van der Waals surface area contributed by atoms with Gasteiger partial charge in [-0.25, -0.2) is 0 Å². The predicted octanol–water partition coefficient (Wildman–Crippen LogP) is 3.81. The minimum atomic E-state index is -0.520. The summed E-state index contributed by atoms with van der Waals surface area (Å²) in [5.41, 5.74) is 1.50. The maximum atomic E-state index is 12.6. The molecule has 0 fully saturated rings. The van der Waals surface area contributed by atoms with Gasteiger partial charge in [-0.15, -0.1) is 0 Å². The number of amides is 1. The Hall–Kier alpha value is -2.60. The number of carbonyl (C=O) groups is 1. The molecule has 0 aliphatic carbocycles. The molecule has 2 aromatic rings. The van der Waals surface area contributed by atoms with Gasteiger partial charge in [-0.1, -0.05) is 29.8 Å². The third-order valence-corrected chi connectivity index (χ3v) is 3.98. The molecule has 2 rings (SSSR count). The minimum absolute atomic E-state index is 0.129. The lowest BCUT2D eigenvalue weighted by molar-refractivity contribution is -0.384. The molecule has 0 radical (unpaired) electrons. The number of anilines is 1. The summed E-state index contributed by atoms with van der Waals surface area (Å²) in [6.45, 7) is 1.81. The molecule has 1 amide bonds. The highest BCUT2D eigenvalue weighted by molar-refractivity contribution is 6.31. The van der Waals surface area contributed by atoms with E-state index in [9.17, 15) is 14.9 Å². The van der Waals surface area contributed by atoms with Crippen molar-refractivity contribution >= 4 is 28.9 Å². The summed E-state index contributed by atoms with van der Waals surface area (Å²) in [5, 5.41) is 14.4. The lowest BCUT2D eigenvalue weighted by Crippen LogP contribution is -2.28. The van der Waals surface area contributed by atoms with Crippen molar-refractivity contribution in [2.24, 2.45) is 0 Å². The summed E-state index contributed by atoms with van der Waals surface area (Å²) in [5.74, 6) is -0.394. The van der Waals surface area contributed by atoms with Crippen molar-refractivity contribution in [3.8, 4) is 0 Å². The van der Waals surface area contributed by atoms with Crippen LogP contribution < -0.4 is 10.2 Å². The molecule has 0 heterocycles. The van der Waals surface area contributed by atoms with Crippen LogP contribution in [0, 0.1) is 10.1 Å². The molecule has 0 saturated carbocycles. The molecular weight excluding hydrogens is 330 g/mol. The fourth-order valence-corrected chi connectivity index (χ4v) is 2.69. The first kappa shape index (κ1) is 17.7. The Labute approximate surface area is 145 Å². The molecular formula is C17H18ClN3O3. The second-order valence-corrected chi connectivity index (χ2v) is 5.98. The molecule has 7 heteroatoms. The van der Waals surface area contributed by atoms with E-state index in [4.69, 9.17) is 11.6 Å². The predicted molar refractivity (Wildman–Crippen MR) is 94.8 cm³/mol. The lowest BCUT2D eigenvalue weighted by Gasteiger charge is -2.20. The van der Waals surface area contributed by atoms with Crippen LogP contribution in [0.15, 0.2) is 42.5 Å². The topological polar surface area (TPSA) is 75.5 Å². The molecule has 1 atom stereocenters. The SMILES string of the molecule is CC(NC(=O)c1cc([N+](=O)[O-])ccc1N(C)C)c1ccccc1Cl. The normalized spacial score (nSPS) is 11.7. The first-order valence-corrected chi connectivity index (χ1v) is 7.70. The second kappa shape index (κ2) is 7.31. The van der Waals surface area contributed by atoms with Crippen LogP contribution in [-0.4, -0.2) is 24.9 Å². The number of non-ortho nitro benzene ring substituents is 1. The van der Waals surface area contributed by atoms with Crippen LogP contribution in [0.1, 0.15) is 28.9 Å². The molecule has 0 aliphatic heterocycles. The Bertz CT molecular complexity index is 777. The van der Waals surface area contributed by atoms with Crippen molar-refractivity contribution in [3.05, 3.63) is 68.7 Å². The fourth-order valence-electron chi connectivity index (χ4n) is 2.39. The molecule has 0 bridgehead atoms. The molecule has 2 aromatic carbocycles. The fraction of sp³-hybridized carbons (Fsp3) is 0.235. The number of carbonyl (C=O) groups excluding carboxylic acids is 1. The first-order valence-electron chi connectivity index (χ1n) is 7.32. The monoisotopic (exact) mass is 347 g/mol. The quantitative estimate of drug-likeness (QED) is 0.659. The van der Waals surface area contributed by atoms with Crippen LogP contribution >= 0.6 is 11.6 Å². The smallest absolute Gasteiger partial charge is 0.270 e. The summed E-state index contributed by atoms with van der Waals surface area (Å²) in [6.07, 6.45) is 0. The van der Waals surface area contributed by atoms with Gasteiger partial charge >= 0.3 is 0 Å². The maximum Gasteiger partial charge on any atom is 0.270 e. The van der Waals surface area contributed by atoms with Crippen molar-refractivity contribution in [2.75, 3.05) is 19.0 Å². The summed E-state index contributed by atoms with van der Waals surface area (Å²) < 4.78 is 0. The highest BCUT2D eigenvalue weighted by atomic mass is 35.5. The molecule has 24 heavy (non-hydrogen) atoms. The number of nitro groups is 1. The van der Waals surface area contributed by atoms with Crippen LogP contribution in [0.5, 0.6) is 0 Å². The van der Waals surface area contributed by atoms with E-state index in [1.54, 1.807) is 31.1 Å². The summed E-state index contributed by atoms with van der Waals surface area (Å²) in [6, 6.07) is 11.1. The average Bonchev–Trinajstić information content (AvgIpc) is 2.54. The molecule has 126 valence electrons. The summed E-state index contributed by atoms with van der Waals surface area (Å²) in [7, 11) is 3.55. The van der Waals surface area contributed by atoms with Gasteiger partial charge in [-0.05, 0) is 24.6 Å². The van der Waals surface area contributed by atoms with Gasteiger partial charge in [0.15, 0.2) is 0 Å². The molecule has 1 N–H and O–H groups in total. The Morgan fingerprint density at radius 1 is 1.25 bits per heavy atom. The van der Waals surface area contributed by atoms with Crippen LogP contribution in [0.25, 0.3) is 0 Å². The van der Waals surface area contributed by atoms with Gasteiger partial charge in [0.2, 0.25) is 0 Å². The first-order chi connectivity index (χ1) is 11.3. The van der Waals surface area contributed by atoms with E-state index in [0.717, 1.165) is 5.56 Å². The number of nitrogens with zero attached hydrogens (tertiary/aromatic N) is 2. The highest BCUT2D eigenvalue weighted by Crippen LogP contribution is 2.26. The van der Waals surface area contributed by atoms with E-state index >= 15 is 0 Å². The zero-order chi connectivity index (χ0) is 17.9. The van der Waals surface area contributed by atoms with Crippen molar-refractivity contribution in [3.63, 3.8) is 0 Å². The minimum Gasteiger partial charge on any atom is -0.377 e. The second-order valence-electron chi connectivity index (χ2n) is 5.57. The number of halogens is 1. The van der Waals surface area contributed by atoms with Crippen LogP contribution in [-0.2, 0) is 0 Å². The molecule has 0 spiro atoms.